The number of methoxy groups -OCH3 is 1. The van der Waals surface area contributed by atoms with Crippen molar-refractivity contribution < 1.29 is 9.53 Å². The Morgan fingerprint density at radius 1 is 1.14 bits per heavy atom. The minimum Gasteiger partial charge on any atom is -0.464 e. The predicted octanol–water partition coefficient (Wildman–Crippen LogP) is 2.65. The molecular weight excluding hydrogens is 266 g/mol. The molecule has 0 bridgehead atoms. The quantitative estimate of drug-likeness (QED) is 0.813. The first-order chi connectivity index (χ1) is 10.3. The van der Waals surface area contributed by atoms with Crippen LogP contribution in [-0.4, -0.2) is 35.9 Å². The lowest BCUT2D eigenvalue weighted by molar-refractivity contribution is 0.0593. The normalized spacial score (nSPS) is 15.0. The zero-order chi connectivity index (χ0) is 14.7. The number of carbonyl (C=O) groups is 1. The highest BCUT2D eigenvalue weighted by molar-refractivity contribution is 5.88. The highest BCUT2D eigenvalue weighted by Crippen LogP contribution is 2.24. The Balaban J connectivity index is 2.03. The standard InChI is InChI=1S/C16H19N3O2/c1-21-16(20)14-12-15(18-10-6-3-7-11-18)19(17-14)13-8-4-2-5-9-13/h2,4-5,8-9,12H,3,6-7,10-11H2,1H3. The molecule has 2 heterocycles. The second-order valence-electron chi connectivity index (χ2n) is 5.17. The van der Waals surface area contributed by atoms with Gasteiger partial charge in [-0.1, -0.05) is 18.2 Å². The van der Waals surface area contributed by atoms with Gasteiger partial charge in [-0.2, -0.15) is 5.10 Å². The molecule has 0 saturated carbocycles. The molecule has 5 nitrogen and oxygen atoms in total. The molecule has 2 aromatic rings. The molecule has 110 valence electrons. The molecule has 0 atom stereocenters. The van der Waals surface area contributed by atoms with E-state index >= 15 is 0 Å². The summed E-state index contributed by atoms with van der Waals surface area (Å²) in [6, 6.07) is 11.7. The fourth-order valence-corrected chi connectivity index (χ4v) is 2.68. The first kappa shape index (κ1) is 13.7. The van der Waals surface area contributed by atoms with Crippen molar-refractivity contribution in [1.29, 1.82) is 0 Å². The number of piperidine rings is 1. The van der Waals surface area contributed by atoms with E-state index in [0.29, 0.717) is 5.69 Å². The van der Waals surface area contributed by atoms with Crippen LogP contribution >= 0.6 is 0 Å². The van der Waals surface area contributed by atoms with Gasteiger partial charge >= 0.3 is 5.97 Å². The van der Waals surface area contributed by atoms with Crippen LogP contribution in [0.5, 0.6) is 0 Å². The first-order valence-electron chi connectivity index (χ1n) is 7.28. The summed E-state index contributed by atoms with van der Waals surface area (Å²) in [5, 5.41) is 4.43. The lowest BCUT2D eigenvalue weighted by atomic mass is 10.1. The molecule has 5 heteroatoms. The highest BCUT2D eigenvalue weighted by atomic mass is 16.5. The van der Waals surface area contributed by atoms with Gasteiger partial charge in [0.05, 0.1) is 12.8 Å². The Bertz CT molecular complexity index is 616. The number of rotatable bonds is 3. The van der Waals surface area contributed by atoms with Crippen LogP contribution in [-0.2, 0) is 4.74 Å². The van der Waals surface area contributed by atoms with Crippen molar-refractivity contribution in [1.82, 2.24) is 9.78 Å². The van der Waals surface area contributed by atoms with E-state index in [-0.39, 0.29) is 0 Å². The Morgan fingerprint density at radius 3 is 2.52 bits per heavy atom. The van der Waals surface area contributed by atoms with Crippen LogP contribution < -0.4 is 4.90 Å². The average molecular weight is 285 g/mol. The third-order valence-corrected chi connectivity index (χ3v) is 3.77. The van der Waals surface area contributed by atoms with E-state index in [9.17, 15) is 4.79 Å². The van der Waals surface area contributed by atoms with Crippen LogP contribution in [0.3, 0.4) is 0 Å². The maximum Gasteiger partial charge on any atom is 0.358 e. The molecule has 21 heavy (non-hydrogen) atoms. The zero-order valence-electron chi connectivity index (χ0n) is 12.2. The summed E-state index contributed by atoms with van der Waals surface area (Å²) >= 11 is 0. The van der Waals surface area contributed by atoms with Crippen LogP contribution in [0.25, 0.3) is 5.69 Å². The SMILES string of the molecule is COC(=O)c1cc(N2CCCCC2)n(-c2ccccc2)n1. The molecule has 0 spiro atoms. The number of hydrogen-bond acceptors (Lipinski definition) is 4. The largest absolute Gasteiger partial charge is 0.464 e. The summed E-state index contributed by atoms with van der Waals surface area (Å²) in [6.45, 7) is 2.00. The van der Waals surface area contributed by atoms with Crippen molar-refractivity contribution in [3.8, 4) is 5.69 Å². The summed E-state index contributed by atoms with van der Waals surface area (Å²) in [7, 11) is 1.38. The van der Waals surface area contributed by atoms with Gasteiger partial charge in [-0.25, -0.2) is 9.48 Å². The van der Waals surface area contributed by atoms with E-state index in [2.05, 4.69) is 10.00 Å². The van der Waals surface area contributed by atoms with E-state index in [1.54, 1.807) is 0 Å². The molecular formula is C16H19N3O2. The molecule has 0 N–H and O–H groups in total. The van der Waals surface area contributed by atoms with Crippen LogP contribution in [0, 0.1) is 0 Å². The maximum absolute atomic E-state index is 11.8. The van der Waals surface area contributed by atoms with Crippen molar-refractivity contribution in [2.24, 2.45) is 0 Å². The first-order valence-corrected chi connectivity index (χ1v) is 7.28. The third kappa shape index (κ3) is 2.77. The highest BCUT2D eigenvalue weighted by Gasteiger charge is 2.21. The zero-order valence-corrected chi connectivity index (χ0v) is 12.2. The summed E-state index contributed by atoms with van der Waals surface area (Å²) in [6.07, 6.45) is 3.61. The van der Waals surface area contributed by atoms with Crippen LogP contribution in [0.2, 0.25) is 0 Å². The summed E-state index contributed by atoms with van der Waals surface area (Å²) in [5.74, 6) is 0.559. The molecule has 1 aromatic heterocycles. The predicted molar refractivity (Wildman–Crippen MR) is 81.0 cm³/mol. The lowest BCUT2D eigenvalue weighted by Crippen LogP contribution is -2.31. The Kier molecular flexibility index (Phi) is 3.90. The van der Waals surface area contributed by atoms with E-state index in [1.165, 1.54) is 26.4 Å². The number of hydrogen-bond donors (Lipinski definition) is 0. The minimum absolute atomic E-state index is 0.349. The Hall–Kier alpha value is -2.30. The van der Waals surface area contributed by atoms with Gasteiger partial charge in [-0.05, 0) is 31.4 Å². The second-order valence-corrected chi connectivity index (χ2v) is 5.17. The van der Waals surface area contributed by atoms with Crippen molar-refractivity contribution in [3.63, 3.8) is 0 Å². The van der Waals surface area contributed by atoms with Gasteiger partial charge in [0.2, 0.25) is 0 Å². The number of ether oxygens (including phenoxy) is 1. The second kappa shape index (κ2) is 5.99. The Labute approximate surface area is 124 Å². The molecule has 1 aliphatic heterocycles. The minimum atomic E-state index is -0.400. The monoisotopic (exact) mass is 285 g/mol. The topological polar surface area (TPSA) is 47.4 Å². The van der Waals surface area contributed by atoms with E-state index < -0.39 is 5.97 Å². The van der Waals surface area contributed by atoms with Crippen LogP contribution in [0.15, 0.2) is 36.4 Å². The molecule has 1 aromatic carbocycles. The van der Waals surface area contributed by atoms with E-state index in [4.69, 9.17) is 4.74 Å². The smallest absolute Gasteiger partial charge is 0.358 e. The molecule has 0 amide bonds. The van der Waals surface area contributed by atoms with Gasteiger partial charge in [0.15, 0.2) is 5.69 Å². The van der Waals surface area contributed by atoms with Crippen molar-refractivity contribution in [3.05, 3.63) is 42.1 Å². The number of benzene rings is 1. The molecule has 1 aliphatic rings. The summed E-state index contributed by atoms with van der Waals surface area (Å²) in [4.78, 5) is 14.1. The van der Waals surface area contributed by atoms with Crippen LogP contribution in [0.1, 0.15) is 29.8 Å². The van der Waals surface area contributed by atoms with Gasteiger partial charge in [0.25, 0.3) is 0 Å². The number of carbonyl (C=O) groups excluding carboxylic acids is 1. The average Bonchev–Trinajstić information content (AvgIpc) is 3.01. The third-order valence-electron chi connectivity index (χ3n) is 3.77. The lowest BCUT2D eigenvalue weighted by Gasteiger charge is -2.28. The van der Waals surface area contributed by atoms with Crippen LogP contribution in [0.4, 0.5) is 5.82 Å². The fourth-order valence-electron chi connectivity index (χ4n) is 2.68. The van der Waals surface area contributed by atoms with Gasteiger partial charge in [0.1, 0.15) is 5.82 Å². The molecule has 3 rings (SSSR count). The summed E-state index contributed by atoms with van der Waals surface area (Å²) < 4.78 is 6.63. The van der Waals surface area contributed by atoms with E-state index in [0.717, 1.165) is 24.6 Å². The number of para-hydroxylation sites is 1. The van der Waals surface area contributed by atoms with Crippen molar-refractivity contribution in [2.45, 2.75) is 19.3 Å². The van der Waals surface area contributed by atoms with Gasteiger partial charge in [-0.15, -0.1) is 0 Å². The molecule has 1 saturated heterocycles. The number of aromatic nitrogens is 2. The molecule has 0 unspecified atom stereocenters. The number of nitrogens with zero attached hydrogens (tertiary/aromatic N) is 3. The summed E-state index contributed by atoms with van der Waals surface area (Å²) in [5.41, 5.74) is 1.30. The van der Waals surface area contributed by atoms with E-state index in [1.807, 2.05) is 41.1 Å². The number of anilines is 1. The number of esters is 1. The van der Waals surface area contributed by atoms with Crippen molar-refractivity contribution in [2.75, 3.05) is 25.1 Å². The molecule has 0 radical (unpaired) electrons. The molecule has 1 fully saturated rings. The van der Waals surface area contributed by atoms with Gasteiger partial charge in [0, 0.05) is 19.2 Å². The molecule has 0 aliphatic carbocycles. The van der Waals surface area contributed by atoms with Gasteiger partial charge in [-0.3, -0.25) is 0 Å². The maximum atomic E-state index is 11.8. The van der Waals surface area contributed by atoms with Crippen molar-refractivity contribution >= 4 is 11.8 Å². The Morgan fingerprint density at radius 2 is 1.86 bits per heavy atom. The van der Waals surface area contributed by atoms with Gasteiger partial charge < -0.3 is 9.64 Å². The fraction of sp³-hybridized carbons (Fsp3) is 0.375.